The van der Waals surface area contributed by atoms with E-state index in [1.807, 2.05) is 6.07 Å². The van der Waals surface area contributed by atoms with Gasteiger partial charge in [-0.15, -0.1) is 0 Å². The molecule has 0 unspecified atom stereocenters. The van der Waals surface area contributed by atoms with Crippen molar-refractivity contribution in [1.82, 2.24) is 4.98 Å². The maximum absolute atomic E-state index is 8.36. The number of nitriles is 1. The lowest BCUT2D eigenvalue weighted by Crippen LogP contribution is -2.07. The van der Waals surface area contributed by atoms with Gasteiger partial charge in [0.15, 0.2) is 0 Å². The Labute approximate surface area is 58.3 Å². The van der Waals surface area contributed by atoms with E-state index in [9.17, 15) is 0 Å². The van der Waals surface area contributed by atoms with Crippen LogP contribution in [0.25, 0.3) is 0 Å². The van der Waals surface area contributed by atoms with Crippen LogP contribution in [0.5, 0.6) is 0 Å². The first-order valence-corrected chi connectivity index (χ1v) is 2.69. The van der Waals surface area contributed by atoms with Crippen molar-refractivity contribution in [2.75, 3.05) is 5.43 Å². The van der Waals surface area contributed by atoms with Gasteiger partial charge in [0.1, 0.15) is 11.9 Å². The number of rotatable bonds is 1. The van der Waals surface area contributed by atoms with Crippen molar-refractivity contribution in [3.05, 3.63) is 23.9 Å². The Morgan fingerprint density at radius 1 is 1.60 bits per heavy atom. The molecule has 0 bridgehead atoms. The zero-order chi connectivity index (χ0) is 7.40. The summed E-state index contributed by atoms with van der Waals surface area (Å²) in [5.74, 6) is 5.60. The molecule has 0 radical (unpaired) electrons. The molecule has 0 aliphatic carbocycles. The van der Waals surface area contributed by atoms with Gasteiger partial charge in [0, 0.05) is 6.20 Å². The average molecular weight is 134 g/mol. The van der Waals surface area contributed by atoms with E-state index in [1.54, 1.807) is 12.1 Å². The van der Waals surface area contributed by atoms with Crippen LogP contribution in [0.15, 0.2) is 18.3 Å². The Morgan fingerprint density at radius 3 is 2.80 bits per heavy atom. The lowest BCUT2D eigenvalue weighted by Gasteiger charge is -1.95. The Balaban J connectivity index is 2.93. The molecule has 1 rings (SSSR count). The van der Waals surface area contributed by atoms with Gasteiger partial charge in [0.2, 0.25) is 0 Å². The van der Waals surface area contributed by atoms with Gasteiger partial charge in [-0.3, -0.25) is 0 Å². The number of hydrazine groups is 1. The molecule has 1 aromatic rings. The number of nitrogens with two attached hydrogens (primary N) is 1. The second-order valence-corrected chi connectivity index (χ2v) is 1.69. The molecule has 0 fully saturated rings. The molecule has 1 heterocycles. The molecule has 0 aromatic carbocycles. The van der Waals surface area contributed by atoms with Crippen LogP contribution in [0.3, 0.4) is 0 Å². The van der Waals surface area contributed by atoms with Crippen LogP contribution in [-0.2, 0) is 0 Å². The summed E-state index contributed by atoms with van der Waals surface area (Å²) < 4.78 is 0. The third kappa shape index (κ3) is 1.21. The van der Waals surface area contributed by atoms with Crippen LogP contribution in [0.4, 0.5) is 5.82 Å². The van der Waals surface area contributed by atoms with Gasteiger partial charge in [0.05, 0.1) is 5.56 Å². The Hall–Kier alpha value is -1.60. The van der Waals surface area contributed by atoms with Crippen LogP contribution >= 0.6 is 0 Å². The average Bonchev–Trinajstić information content (AvgIpc) is 2.05. The van der Waals surface area contributed by atoms with Crippen LogP contribution in [0.2, 0.25) is 0 Å². The maximum atomic E-state index is 8.36. The van der Waals surface area contributed by atoms with Crippen molar-refractivity contribution in [3.8, 4) is 6.07 Å². The maximum Gasteiger partial charge on any atom is 0.139 e. The number of hydrogen-bond donors (Lipinski definition) is 2. The van der Waals surface area contributed by atoms with Gasteiger partial charge < -0.3 is 5.43 Å². The number of aromatic nitrogens is 1. The monoisotopic (exact) mass is 134 g/mol. The zero-order valence-electron chi connectivity index (χ0n) is 5.20. The smallest absolute Gasteiger partial charge is 0.139 e. The fraction of sp³-hybridized carbons (Fsp3) is 0. The Morgan fingerprint density at radius 2 is 2.40 bits per heavy atom. The highest BCUT2D eigenvalue weighted by Gasteiger charge is 1.89. The molecule has 0 spiro atoms. The molecule has 0 saturated heterocycles. The first-order valence-electron chi connectivity index (χ1n) is 2.69. The number of pyridine rings is 1. The first-order chi connectivity index (χ1) is 4.86. The van der Waals surface area contributed by atoms with Crippen molar-refractivity contribution in [1.29, 1.82) is 5.26 Å². The third-order valence-corrected chi connectivity index (χ3v) is 1.04. The largest absolute Gasteiger partial charge is 0.308 e. The van der Waals surface area contributed by atoms with Gasteiger partial charge in [-0.1, -0.05) is 0 Å². The summed E-state index contributed by atoms with van der Waals surface area (Å²) in [5, 5.41) is 8.36. The van der Waals surface area contributed by atoms with E-state index < -0.39 is 0 Å². The summed E-state index contributed by atoms with van der Waals surface area (Å²) in [6, 6.07) is 5.23. The molecular weight excluding hydrogens is 128 g/mol. The predicted molar refractivity (Wildman–Crippen MR) is 36.8 cm³/mol. The van der Waals surface area contributed by atoms with Gasteiger partial charge in [0.25, 0.3) is 0 Å². The molecule has 0 atom stereocenters. The van der Waals surface area contributed by atoms with E-state index in [4.69, 9.17) is 11.1 Å². The molecular formula is C6H6N4. The molecule has 0 aliphatic rings. The quantitative estimate of drug-likeness (QED) is 0.426. The lowest BCUT2D eigenvalue weighted by atomic mass is 10.3. The number of hydrogen-bond acceptors (Lipinski definition) is 4. The Bertz CT molecular complexity index is 245. The van der Waals surface area contributed by atoms with Gasteiger partial charge in [-0.05, 0) is 12.1 Å². The number of nitrogen functional groups attached to an aromatic ring is 1. The van der Waals surface area contributed by atoms with E-state index in [-0.39, 0.29) is 0 Å². The van der Waals surface area contributed by atoms with Crippen molar-refractivity contribution >= 4 is 5.82 Å². The fourth-order valence-corrected chi connectivity index (χ4v) is 0.545. The normalized spacial score (nSPS) is 8.40. The molecule has 0 aliphatic heterocycles. The third-order valence-electron chi connectivity index (χ3n) is 1.04. The van der Waals surface area contributed by atoms with Crippen molar-refractivity contribution in [2.45, 2.75) is 0 Å². The molecule has 10 heavy (non-hydrogen) atoms. The molecule has 0 amide bonds. The van der Waals surface area contributed by atoms with Crippen molar-refractivity contribution < 1.29 is 0 Å². The highest BCUT2D eigenvalue weighted by Crippen LogP contribution is 2.00. The highest BCUT2D eigenvalue weighted by atomic mass is 15.2. The van der Waals surface area contributed by atoms with Crippen LogP contribution in [-0.4, -0.2) is 4.98 Å². The minimum atomic E-state index is 0.527. The molecule has 4 nitrogen and oxygen atoms in total. The molecule has 0 saturated carbocycles. The summed E-state index contributed by atoms with van der Waals surface area (Å²) in [5.41, 5.74) is 2.88. The topological polar surface area (TPSA) is 74.7 Å². The van der Waals surface area contributed by atoms with E-state index in [0.29, 0.717) is 11.4 Å². The number of anilines is 1. The fourth-order valence-electron chi connectivity index (χ4n) is 0.545. The molecule has 3 N–H and O–H groups in total. The minimum Gasteiger partial charge on any atom is -0.308 e. The summed E-state index contributed by atoms with van der Waals surface area (Å²) in [4.78, 5) is 3.81. The lowest BCUT2D eigenvalue weighted by molar-refractivity contribution is 1.22. The second-order valence-electron chi connectivity index (χ2n) is 1.69. The van der Waals surface area contributed by atoms with Crippen molar-refractivity contribution in [3.63, 3.8) is 0 Å². The molecule has 50 valence electrons. The second kappa shape index (κ2) is 2.80. The predicted octanol–water partition coefficient (Wildman–Crippen LogP) is 0.239. The van der Waals surface area contributed by atoms with E-state index >= 15 is 0 Å². The summed E-state index contributed by atoms with van der Waals surface area (Å²) in [7, 11) is 0. The number of nitrogens with zero attached hydrogens (tertiary/aromatic N) is 2. The molecule has 1 aromatic heterocycles. The van der Waals surface area contributed by atoms with E-state index in [1.165, 1.54) is 6.20 Å². The zero-order valence-corrected chi connectivity index (χ0v) is 5.20. The van der Waals surface area contributed by atoms with Crippen molar-refractivity contribution in [2.24, 2.45) is 5.84 Å². The summed E-state index contributed by atoms with van der Waals surface area (Å²) in [6.45, 7) is 0. The van der Waals surface area contributed by atoms with Crippen LogP contribution in [0.1, 0.15) is 5.56 Å². The van der Waals surface area contributed by atoms with E-state index in [0.717, 1.165) is 0 Å². The van der Waals surface area contributed by atoms with Gasteiger partial charge >= 0.3 is 0 Å². The Kier molecular flexibility index (Phi) is 1.83. The van der Waals surface area contributed by atoms with Crippen LogP contribution in [0, 0.1) is 11.3 Å². The standard InChI is InChI=1S/C6H6N4/c7-3-5-1-2-6(10-8)9-4-5/h1-2,4H,8H2,(H,9,10). The van der Waals surface area contributed by atoms with Gasteiger partial charge in [-0.25, -0.2) is 10.8 Å². The minimum absolute atomic E-state index is 0.527. The highest BCUT2D eigenvalue weighted by molar-refractivity contribution is 5.37. The SMILES string of the molecule is N#Cc1ccc(NN)nc1. The van der Waals surface area contributed by atoms with Crippen LogP contribution < -0.4 is 11.3 Å². The summed E-state index contributed by atoms with van der Waals surface area (Å²) in [6.07, 6.45) is 1.45. The summed E-state index contributed by atoms with van der Waals surface area (Å²) >= 11 is 0. The van der Waals surface area contributed by atoms with E-state index in [2.05, 4.69) is 10.4 Å². The van der Waals surface area contributed by atoms with Gasteiger partial charge in [-0.2, -0.15) is 5.26 Å². The molecule has 4 heteroatoms. The number of nitrogens with one attached hydrogen (secondary N) is 1. The first kappa shape index (κ1) is 6.52.